The fourth-order valence-electron chi connectivity index (χ4n) is 4.65. The number of nitrogens with one attached hydrogen (secondary N) is 3. The zero-order valence-electron chi connectivity index (χ0n) is 18.1. The van der Waals surface area contributed by atoms with Crippen molar-refractivity contribution in [3.8, 4) is 0 Å². The summed E-state index contributed by atoms with van der Waals surface area (Å²) in [5.74, 6) is -0.118. The topological polar surface area (TPSA) is 65.9 Å². The summed E-state index contributed by atoms with van der Waals surface area (Å²) in [4.78, 5) is 28.9. The molecule has 6 heteroatoms. The highest BCUT2D eigenvalue weighted by Crippen LogP contribution is 2.18. The summed E-state index contributed by atoms with van der Waals surface area (Å²) >= 11 is 0. The van der Waals surface area contributed by atoms with Gasteiger partial charge in [0.15, 0.2) is 0 Å². The van der Waals surface area contributed by atoms with Crippen molar-refractivity contribution in [3.05, 3.63) is 65.7 Å². The van der Waals surface area contributed by atoms with E-state index in [2.05, 4.69) is 28.8 Å². The Balaban J connectivity index is 1.30. The maximum absolute atomic E-state index is 12.9. The van der Waals surface area contributed by atoms with Gasteiger partial charge in [-0.05, 0) is 30.5 Å². The number of hydrogen-bond acceptors (Lipinski definition) is 2. The molecule has 2 heterocycles. The molecule has 2 aromatic carbocycles. The van der Waals surface area contributed by atoms with Crippen molar-refractivity contribution in [2.45, 2.75) is 38.8 Å². The molecular weight excluding hydrogens is 388 g/mol. The molecule has 2 saturated heterocycles. The van der Waals surface area contributed by atoms with Crippen LogP contribution in [-0.4, -0.2) is 43.0 Å². The average Bonchev–Trinajstić information content (AvgIpc) is 3.32. The first-order valence-electron chi connectivity index (χ1n) is 11.5. The van der Waals surface area contributed by atoms with Gasteiger partial charge in [0.25, 0.3) is 0 Å². The highest BCUT2D eigenvalue weighted by molar-refractivity contribution is 5.90. The Kier molecular flexibility index (Phi) is 7.20. The predicted molar refractivity (Wildman–Crippen MR) is 122 cm³/mol. The van der Waals surface area contributed by atoms with Crippen molar-refractivity contribution < 1.29 is 14.5 Å². The summed E-state index contributed by atoms with van der Waals surface area (Å²) in [5, 5.41) is 6.06. The highest BCUT2D eigenvalue weighted by atomic mass is 16.2. The number of benzene rings is 2. The predicted octanol–water partition coefficient (Wildman–Crippen LogP) is 2.43. The molecule has 0 radical (unpaired) electrons. The number of carbonyl (C=O) groups is 2. The Bertz CT molecular complexity index is 880. The number of piperidine rings is 1. The minimum Gasteiger partial charge on any atom is -0.352 e. The van der Waals surface area contributed by atoms with E-state index < -0.39 is 0 Å². The molecule has 4 rings (SSSR count). The van der Waals surface area contributed by atoms with E-state index in [1.165, 1.54) is 37.1 Å². The van der Waals surface area contributed by atoms with Gasteiger partial charge >= 0.3 is 6.03 Å². The molecule has 2 aromatic rings. The smallest absolute Gasteiger partial charge is 0.321 e. The van der Waals surface area contributed by atoms with Crippen LogP contribution in [0.5, 0.6) is 0 Å². The van der Waals surface area contributed by atoms with Crippen molar-refractivity contribution in [1.29, 1.82) is 0 Å². The molecule has 2 aliphatic heterocycles. The Hall–Kier alpha value is -2.86. The van der Waals surface area contributed by atoms with Crippen LogP contribution in [0, 0.1) is 5.92 Å². The standard InChI is InChI=1S/C25H32N4O2/c30-24(26-17-20-9-4-5-10-21(20)18-28-14-6-7-15-28)22-11-8-16-29(19-22)25(31)27-23-12-2-1-3-13-23/h1-5,9-10,12-13,22H,6-8,11,14-19H2,(H,26,30)(H,27,31)/p+1/t22-/m1/s1. The first-order chi connectivity index (χ1) is 15.2. The van der Waals surface area contributed by atoms with Crippen molar-refractivity contribution in [1.82, 2.24) is 10.2 Å². The first-order valence-corrected chi connectivity index (χ1v) is 11.5. The van der Waals surface area contributed by atoms with Crippen LogP contribution in [0.25, 0.3) is 0 Å². The van der Waals surface area contributed by atoms with Crippen LogP contribution in [0.4, 0.5) is 10.5 Å². The van der Waals surface area contributed by atoms with Crippen LogP contribution in [0.15, 0.2) is 54.6 Å². The molecule has 164 valence electrons. The Morgan fingerprint density at radius 3 is 2.42 bits per heavy atom. The molecule has 0 saturated carbocycles. The molecule has 0 spiro atoms. The van der Waals surface area contributed by atoms with Crippen LogP contribution in [0.2, 0.25) is 0 Å². The number of urea groups is 1. The molecule has 2 fully saturated rings. The van der Waals surface area contributed by atoms with Crippen molar-refractivity contribution >= 4 is 17.6 Å². The fraction of sp³-hybridized carbons (Fsp3) is 0.440. The Morgan fingerprint density at radius 2 is 1.65 bits per heavy atom. The number of carbonyl (C=O) groups excluding carboxylic acids is 2. The van der Waals surface area contributed by atoms with Gasteiger partial charge in [0.2, 0.25) is 5.91 Å². The summed E-state index contributed by atoms with van der Waals surface area (Å²) in [5.41, 5.74) is 3.30. The van der Waals surface area contributed by atoms with Crippen LogP contribution < -0.4 is 15.5 Å². The second-order valence-electron chi connectivity index (χ2n) is 8.70. The number of hydrogen-bond donors (Lipinski definition) is 3. The molecule has 2 aliphatic rings. The fourth-order valence-corrected chi connectivity index (χ4v) is 4.65. The van der Waals surface area contributed by atoms with E-state index in [0.717, 1.165) is 25.1 Å². The van der Waals surface area contributed by atoms with Gasteiger partial charge in [-0.15, -0.1) is 0 Å². The lowest BCUT2D eigenvalue weighted by Crippen LogP contribution is -3.08. The van der Waals surface area contributed by atoms with Gasteiger partial charge in [-0.1, -0.05) is 42.5 Å². The third-order valence-corrected chi connectivity index (χ3v) is 6.43. The largest absolute Gasteiger partial charge is 0.352 e. The van der Waals surface area contributed by atoms with Crippen LogP contribution >= 0.6 is 0 Å². The molecule has 0 aromatic heterocycles. The minimum absolute atomic E-state index is 0.0422. The van der Waals surface area contributed by atoms with Crippen LogP contribution in [0.3, 0.4) is 0 Å². The molecular formula is C25H33N4O2+. The van der Waals surface area contributed by atoms with E-state index >= 15 is 0 Å². The monoisotopic (exact) mass is 421 g/mol. The molecule has 0 unspecified atom stereocenters. The summed E-state index contributed by atoms with van der Waals surface area (Å²) in [6, 6.07) is 17.7. The lowest BCUT2D eigenvalue weighted by molar-refractivity contribution is -0.901. The molecule has 3 N–H and O–H groups in total. The van der Waals surface area contributed by atoms with E-state index in [1.807, 2.05) is 36.4 Å². The number of rotatable bonds is 6. The van der Waals surface area contributed by atoms with Gasteiger partial charge in [-0.25, -0.2) is 4.79 Å². The van der Waals surface area contributed by atoms with E-state index in [4.69, 9.17) is 0 Å². The zero-order chi connectivity index (χ0) is 21.5. The lowest BCUT2D eigenvalue weighted by atomic mass is 9.97. The van der Waals surface area contributed by atoms with Crippen LogP contribution in [0.1, 0.15) is 36.8 Å². The molecule has 1 atom stereocenters. The number of likely N-dealkylation sites (tertiary alicyclic amines) is 2. The summed E-state index contributed by atoms with van der Waals surface area (Å²) in [6.45, 7) is 5.21. The van der Waals surface area contributed by atoms with E-state index in [0.29, 0.717) is 19.6 Å². The van der Waals surface area contributed by atoms with E-state index in [9.17, 15) is 9.59 Å². The van der Waals surface area contributed by atoms with Gasteiger partial charge in [-0.2, -0.15) is 0 Å². The maximum atomic E-state index is 12.9. The number of amides is 3. The second-order valence-corrected chi connectivity index (χ2v) is 8.70. The minimum atomic E-state index is -0.161. The van der Waals surface area contributed by atoms with Gasteiger partial charge in [0.1, 0.15) is 6.54 Å². The number of anilines is 1. The molecule has 31 heavy (non-hydrogen) atoms. The van der Waals surface area contributed by atoms with E-state index in [-0.39, 0.29) is 17.9 Å². The SMILES string of the molecule is O=C(NCc1ccccc1C[NH+]1CCCC1)[C@@H]1CCCN(C(=O)Nc2ccccc2)C1. The quantitative estimate of drug-likeness (QED) is 0.671. The normalized spacial score (nSPS) is 19.2. The second kappa shape index (κ2) is 10.4. The molecule has 3 amide bonds. The van der Waals surface area contributed by atoms with Crippen molar-refractivity contribution in [3.63, 3.8) is 0 Å². The number of quaternary nitrogens is 1. The third kappa shape index (κ3) is 5.85. The summed E-state index contributed by atoms with van der Waals surface area (Å²) < 4.78 is 0. The zero-order valence-corrected chi connectivity index (χ0v) is 18.1. The highest BCUT2D eigenvalue weighted by Gasteiger charge is 2.28. The van der Waals surface area contributed by atoms with Crippen molar-refractivity contribution in [2.75, 3.05) is 31.5 Å². The first kappa shape index (κ1) is 21.4. The number of para-hydroxylation sites is 1. The lowest BCUT2D eigenvalue weighted by Gasteiger charge is -2.32. The average molecular weight is 422 g/mol. The van der Waals surface area contributed by atoms with Gasteiger partial charge in [0.05, 0.1) is 19.0 Å². The van der Waals surface area contributed by atoms with Gasteiger partial charge in [0, 0.05) is 43.7 Å². The molecule has 6 nitrogen and oxygen atoms in total. The molecule has 0 aliphatic carbocycles. The van der Waals surface area contributed by atoms with Crippen molar-refractivity contribution in [2.24, 2.45) is 5.92 Å². The maximum Gasteiger partial charge on any atom is 0.321 e. The summed E-state index contributed by atoms with van der Waals surface area (Å²) in [7, 11) is 0. The number of nitrogens with zero attached hydrogens (tertiary/aromatic N) is 1. The Labute approximate surface area is 184 Å². The Morgan fingerprint density at radius 1 is 0.935 bits per heavy atom. The van der Waals surface area contributed by atoms with Gasteiger partial charge in [-0.3, -0.25) is 4.79 Å². The van der Waals surface area contributed by atoms with Gasteiger partial charge < -0.3 is 20.4 Å². The molecule has 0 bridgehead atoms. The van der Waals surface area contributed by atoms with E-state index in [1.54, 1.807) is 9.80 Å². The van der Waals surface area contributed by atoms with Crippen LogP contribution in [-0.2, 0) is 17.9 Å². The summed E-state index contributed by atoms with van der Waals surface area (Å²) in [6.07, 6.45) is 4.28. The third-order valence-electron chi connectivity index (χ3n) is 6.43.